The van der Waals surface area contributed by atoms with Gasteiger partial charge in [0.05, 0.1) is 0 Å². The minimum Gasteiger partial charge on any atom is -0.352 e. The van der Waals surface area contributed by atoms with Gasteiger partial charge >= 0.3 is 0 Å². The van der Waals surface area contributed by atoms with Crippen LogP contribution in [0.15, 0.2) is 0 Å². The maximum Gasteiger partial charge on any atom is 0.226 e. The minimum atomic E-state index is -0.136. The smallest absolute Gasteiger partial charge is 0.226 e. The molecule has 1 aliphatic heterocycles. The van der Waals surface area contributed by atoms with E-state index >= 15 is 0 Å². The summed E-state index contributed by atoms with van der Waals surface area (Å²) in [6.07, 6.45) is 3.88. The van der Waals surface area contributed by atoms with Crippen LogP contribution >= 0.6 is 0 Å². The van der Waals surface area contributed by atoms with Gasteiger partial charge in [-0.25, -0.2) is 0 Å². The van der Waals surface area contributed by atoms with E-state index in [-0.39, 0.29) is 11.3 Å². The quantitative estimate of drug-likeness (QED) is 0.728. The Bertz CT molecular complexity index is 197. The zero-order valence-corrected chi connectivity index (χ0v) is 10.2. The van der Waals surface area contributed by atoms with E-state index in [1.165, 1.54) is 0 Å². The van der Waals surface area contributed by atoms with Gasteiger partial charge in [0.1, 0.15) is 0 Å². The van der Waals surface area contributed by atoms with Crippen LogP contribution in [-0.2, 0) is 4.79 Å². The third-order valence-electron chi connectivity index (χ3n) is 3.91. The maximum absolute atomic E-state index is 12.2. The standard InChI is InChI=1S/C12H24N2O/c1-4-12(5-2,6-3)11(15)14-10-7-8-13-9-10/h10,13H,4-9H2,1-3H3,(H,14,15). The molecular weight excluding hydrogens is 188 g/mol. The van der Waals surface area contributed by atoms with E-state index in [0.29, 0.717) is 6.04 Å². The second kappa shape index (κ2) is 5.50. The first-order valence-corrected chi connectivity index (χ1v) is 6.20. The summed E-state index contributed by atoms with van der Waals surface area (Å²) in [5.41, 5.74) is -0.136. The van der Waals surface area contributed by atoms with Crippen molar-refractivity contribution in [2.45, 2.75) is 52.5 Å². The van der Waals surface area contributed by atoms with Gasteiger partial charge in [-0.15, -0.1) is 0 Å². The maximum atomic E-state index is 12.2. The normalized spacial score (nSPS) is 21.7. The molecular formula is C12H24N2O. The van der Waals surface area contributed by atoms with Crippen LogP contribution in [0.5, 0.6) is 0 Å². The lowest BCUT2D eigenvalue weighted by Gasteiger charge is -2.30. The monoisotopic (exact) mass is 212 g/mol. The molecule has 0 radical (unpaired) electrons. The molecule has 3 heteroatoms. The molecule has 0 aromatic heterocycles. The Labute approximate surface area is 93.0 Å². The Balaban J connectivity index is 2.55. The third-order valence-corrected chi connectivity index (χ3v) is 3.91. The molecule has 0 bridgehead atoms. The summed E-state index contributed by atoms with van der Waals surface area (Å²) in [6.45, 7) is 8.29. The molecule has 0 spiro atoms. The van der Waals surface area contributed by atoms with Crippen LogP contribution in [0.1, 0.15) is 46.5 Å². The van der Waals surface area contributed by atoms with Crippen LogP contribution < -0.4 is 10.6 Å². The van der Waals surface area contributed by atoms with E-state index in [0.717, 1.165) is 38.8 Å². The Hall–Kier alpha value is -0.570. The number of amides is 1. The lowest BCUT2D eigenvalue weighted by molar-refractivity contribution is -0.132. The molecule has 0 aromatic carbocycles. The fourth-order valence-electron chi connectivity index (χ4n) is 2.35. The Morgan fingerprint density at radius 3 is 2.33 bits per heavy atom. The van der Waals surface area contributed by atoms with Crippen molar-refractivity contribution in [3.8, 4) is 0 Å². The average molecular weight is 212 g/mol. The van der Waals surface area contributed by atoms with Crippen LogP contribution in [0, 0.1) is 5.41 Å². The van der Waals surface area contributed by atoms with Crippen LogP contribution in [0.2, 0.25) is 0 Å². The molecule has 1 heterocycles. The van der Waals surface area contributed by atoms with E-state index < -0.39 is 0 Å². The topological polar surface area (TPSA) is 41.1 Å². The summed E-state index contributed by atoms with van der Waals surface area (Å²) >= 11 is 0. The van der Waals surface area contributed by atoms with E-state index in [4.69, 9.17) is 0 Å². The first-order valence-electron chi connectivity index (χ1n) is 6.20. The Morgan fingerprint density at radius 2 is 1.93 bits per heavy atom. The number of hydrogen-bond donors (Lipinski definition) is 2. The van der Waals surface area contributed by atoms with Crippen molar-refractivity contribution in [1.29, 1.82) is 0 Å². The highest BCUT2D eigenvalue weighted by molar-refractivity contribution is 5.82. The lowest BCUT2D eigenvalue weighted by atomic mass is 9.79. The average Bonchev–Trinajstić information content (AvgIpc) is 2.74. The first kappa shape index (κ1) is 12.5. The van der Waals surface area contributed by atoms with E-state index in [1.54, 1.807) is 0 Å². The second-order valence-electron chi connectivity index (χ2n) is 4.50. The van der Waals surface area contributed by atoms with Gasteiger partial charge in [0.15, 0.2) is 0 Å². The fraction of sp³-hybridized carbons (Fsp3) is 0.917. The third kappa shape index (κ3) is 2.71. The van der Waals surface area contributed by atoms with Crippen molar-refractivity contribution in [2.75, 3.05) is 13.1 Å². The van der Waals surface area contributed by atoms with E-state index in [2.05, 4.69) is 31.4 Å². The van der Waals surface area contributed by atoms with Crippen molar-refractivity contribution in [2.24, 2.45) is 5.41 Å². The molecule has 15 heavy (non-hydrogen) atoms. The molecule has 88 valence electrons. The van der Waals surface area contributed by atoms with Crippen molar-refractivity contribution in [3.63, 3.8) is 0 Å². The largest absolute Gasteiger partial charge is 0.352 e. The highest BCUT2D eigenvalue weighted by Crippen LogP contribution is 2.30. The molecule has 0 saturated carbocycles. The molecule has 1 atom stereocenters. The molecule has 0 aromatic rings. The van der Waals surface area contributed by atoms with Gasteiger partial charge in [-0.2, -0.15) is 0 Å². The number of nitrogens with one attached hydrogen (secondary N) is 2. The van der Waals surface area contributed by atoms with Crippen LogP contribution in [0.4, 0.5) is 0 Å². The zero-order chi connectivity index (χ0) is 11.3. The van der Waals surface area contributed by atoms with Crippen LogP contribution in [0.3, 0.4) is 0 Å². The molecule has 3 nitrogen and oxygen atoms in total. The Kier molecular flexibility index (Phi) is 4.58. The van der Waals surface area contributed by atoms with Crippen molar-refractivity contribution >= 4 is 5.91 Å². The first-order chi connectivity index (χ1) is 7.18. The fourth-order valence-corrected chi connectivity index (χ4v) is 2.35. The summed E-state index contributed by atoms with van der Waals surface area (Å²) in [5.74, 6) is 0.253. The summed E-state index contributed by atoms with van der Waals surface area (Å²) < 4.78 is 0. The molecule has 2 N–H and O–H groups in total. The van der Waals surface area contributed by atoms with Gasteiger partial charge in [0.2, 0.25) is 5.91 Å². The van der Waals surface area contributed by atoms with Gasteiger partial charge in [-0.05, 0) is 32.2 Å². The molecule has 0 aliphatic carbocycles. The van der Waals surface area contributed by atoms with Gasteiger partial charge in [-0.3, -0.25) is 4.79 Å². The molecule has 1 aliphatic rings. The lowest BCUT2D eigenvalue weighted by Crippen LogP contribution is -2.45. The summed E-state index contributed by atoms with van der Waals surface area (Å²) in [6, 6.07) is 0.349. The van der Waals surface area contributed by atoms with Crippen molar-refractivity contribution < 1.29 is 4.79 Å². The summed E-state index contributed by atoms with van der Waals surface area (Å²) in [7, 11) is 0. The van der Waals surface area contributed by atoms with Gasteiger partial charge < -0.3 is 10.6 Å². The predicted molar refractivity (Wildman–Crippen MR) is 62.7 cm³/mol. The van der Waals surface area contributed by atoms with Crippen molar-refractivity contribution in [1.82, 2.24) is 10.6 Å². The highest BCUT2D eigenvalue weighted by atomic mass is 16.2. The molecule has 1 fully saturated rings. The van der Waals surface area contributed by atoms with E-state index in [1.807, 2.05) is 0 Å². The second-order valence-corrected chi connectivity index (χ2v) is 4.50. The predicted octanol–water partition coefficient (Wildman–Crippen LogP) is 1.68. The van der Waals surface area contributed by atoms with Gasteiger partial charge in [0, 0.05) is 18.0 Å². The minimum absolute atomic E-state index is 0.136. The summed E-state index contributed by atoms with van der Waals surface area (Å²) in [4.78, 5) is 12.2. The molecule has 1 unspecified atom stereocenters. The molecule has 1 amide bonds. The molecule has 1 saturated heterocycles. The van der Waals surface area contributed by atoms with Gasteiger partial charge in [-0.1, -0.05) is 20.8 Å². The van der Waals surface area contributed by atoms with Crippen LogP contribution in [-0.4, -0.2) is 25.0 Å². The number of rotatable bonds is 5. The van der Waals surface area contributed by atoms with Crippen LogP contribution in [0.25, 0.3) is 0 Å². The Morgan fingerprint density at radius 1 is 1.33 bits per heavy atom. The number of hydrogen-bond acceptors (Lipinski definition) is 2. The number of carbonyl (C=O) groups excluding carboxylic acids is 1. The SMILES string of the molecule is CCC(CC)(CC)C(=O)NC1CCNC1. The van der Waals surface area contributed by atoms with Crippen molar-refractivity contribution in [3.05, 3.63) is 0 Å². The highest BCUT2D eigenvalue weighted by Gasteiger charge is 2.34. The summed E-state index contributed by atoms with van der Waals surface area (Å²) in [5, 5.41) is 6.44. The number of carbonyl (C=O) groups is 1. The van der Waals surface area contributed by atoms with Gasteiger partial charge in [0.25, 0.3) is 0 Å². The molecule has 1 rings (SSSR count). The van der Waals surface area contributed by atoms with E-state index in [9.17, 15) is 4.79 Å². The zero-order valence-electron chi connectivity index (χ0n) is 10.2.